The first kappa shape index (κ1) is 14.5. The SMILES string of the molecule is Nc1c(C(=O)c2ccc(Br)cc2)cnn1-c1ccc(F)cc1. The van der Waals surface area contributed by atoms with Crippen molar-refractivity contribution < 1.29 is 9.18 Å². The van der Waals surface area contributed by atoms with Crippen LogP contribution in [0.5, 0.6) is 0 Å². The number of benzene rings is 2. The van der Waals surface area contributed by atoms with Crippen molar-refractivity contribution in [1.29, 1.82) is 0 Å². The molecule has 2 aromatic carbocycles. The predicted octanol–water partition coefficient (Wildman–Crippen LogP) is 3.59. The highest BCUT2D eigenvalue weighted by Crippen LogP contribution is 2.21. The van der Waals surface area contributed by atoms with Crippen LogP contribution < -0.4 is 5.73 Å². The fraction of sp³-hybridized carbons (Fsp3) is 0. The van der Waals surface area contributed by atoms with Gasteiger partial charge in [-0.05, 0) is 48.5 Å². The fourth-order valence-corrected chi connectivity index (χ4v) is 2.34. The molecule has 0 amide bonds. The number of nitrogens with zero attached hydrogens (tertiary/aromatic N) is 2. The lowest BCUT2D eigenvalue weighted by Gasteiger charge is -2.05. The van der Waals surface area contributed by atoms with Crippen LogP contribution in [0.2, 0.25) is 0 Å². The van der Waals surface area contributed by atoms with Crippen LogP contribution in [0.1, 0.15) is 15.9 Å². The van der Waals surface area contributed by atoms with Crippen LogP contribution in [0.25, 0.3) is 5.69 Å². The second-order valence-corrected chi connectivity index (χ2v) is 5.58. The summed E-state index contributed by atoms with van der Waals surface area (Å²) in [6.45, 7) is 0. The molecule has 1 heterocycles. The van der Waals surface area contributed by atoms with E-state index in [-0.39, 0.29) is 17.4 Å². The number of rotatable bonds is 3. The van der Waals surface area contributed by atoms with Crippen LogP contribution >= 0.6 is 15.9 Å². The highest BCUT2D eigenvalue weighted by Gasteiger charge is 2.17. The van der Waals surface area contributed by atoms with Gasteiger partial charge in [0.15, 0.2) is 5.78 Å². The van der Waals surface area contributed by atoms with Crippen LogP contribution in [0.15, 0.2) is 59.2 Å². The van der Waals surface area contributed by atoms with Gasteiger partial charge in [0.25, 0.3) is 0 Å². The number of aromatic nitrogens is 2. The molecular formula is C16H11BrFN3O. The second-order valence-electron chi connectivity index (χ2n) is 4.67. The standard InChI is InChI=1S/C16H11BrFN3O/c17-11-3-1-10(2-4-11)15(22)14-9-20-21(16(14)19)13-7-5-12(18)6-8-13/h1-9H,19H2. The zero-order chi connectivity index (χ0) is 15.7. The Morgan fingerprint density at radius 2 is 1.73 bits per heavy atom. The van der Waals surface area contributed by atoms with Gasteiger partial charge in [0.2, 0.25) is 0 Å². The first-order chi connectivity index (χ1) is 10.6. The molecule has 0 saturated heterocycles. The monoisotopic (exact) mass is 359 g/mol. The van der Waals surface area contributed by atoms with Crippen LogP contribution in [0.4, 0.5) is 10.2 Å². The van der Waals surface area contributed by atoms with E-state index in [0.717, 1.165) is 4.47 Å². The molecule has 0 unspecified atom stereocenters. The lowest BCUT2D eigenvalue weighted by Crippen LogP contribution is -2.07. The molecule has 2 N–H and O–H groups in total. The molecule has 0 aliphatic rings. The Morgan fingerprint density at radius 3 is 2.36 bits per heavy atom. The van der Waals surface area contributed by atoms with Gasteiger partial charge < -0.3 is 5.73 Å². The Labute approximate surface area is 134 Å². The fourth-order valence-electron chi connectivity index (χ4n) is 2.08. The van der Waals surface area contributed by atoms with Gasteiger partial charge in [0, 0.05) is 10.0 Å². The van der Waals surface area contributed by atoms with E-state index in [2.05, 4.69) is 21.0 Å². The van der Waals surface area contributed by atoms with E-state index in [9.17, 15) is 9.18 Å². The molecule has 3 rings (SSSR count). The number of halogens is 2. The third kappa shape index (κ3) is 2.65. The van der Waals surface area contributed by atoms with Crippen molar-refractivity contribution >= 4 is 27.5 Å². The van der Waals surface area contributed by atoms with Crippen LogP contribution in [-0.2, 0) is 0 Å². The molecule has 0 spiro atoms. The largest absolute Gasteiger partial charge is 0.383 e. The molecule has 0 saturated carbocycles. The van der Waals surface area contributed by atoms with Crippen LogP contribution in [0.3, 0.4) is 0 Å². The third-order valence-electron chi connectivity index (χ3n) is 3.23. The Kier molecular flexibility index (Phi) is 3.77. The highest BCUT2D eigenvalue weighted by atomic mass is 79.9. The van der Waals surface area contributed by atoms with Gasteiger partial charge >= 0.3 is 0 Å². The number of carbonyl (C=O) groups excluding carboxylic acids is 1. The van der Waals surface area contributed by atoms with Gasteiger partial charge in [-0.25, -0.2) is 9.07 Å². The molecular weight excluding hydrogens is 349 g/mol. The average Bonchev–Trinajstić information content (AvgIpc) is 2.90. The molecule has 1 aromatic heterocycles. The normalized spacial score (nSPS) is 10.6. The molecule has 0 aliphatic heterocycles. The number of hydrogen-bond donors (Lipinski definition) is 1. The van der Waals surface area contributed by atoms with Gasteiger partial charge in [-0.3, -0.25) is 4.79 Å². The molecule has 22 heavy (non-hydrogen) atoms. The summed E-state index contributed by atoms with van der Waals surface area (Å²) in [5.74, 6) is -0.335. The quantitative estimate of drug-likeness (QED) is 0.727. The Balaban J connectivity index is 1.98. The number of hydrogen-bond acceptors (Lipinski definition) is 3. The average molecular weight is 360 g/mol. The van der Waals surface area contributed by atoms with Crippen molar-refractivity contribution in [2.24, 2.45) is 0 Å². The minimum atomic E-state index is -0.347. The topological polar surface area (TPSA) is 60.9 Å². The summed E-state index contributed by atoms with van der Waals surface area (Å²) in [4.78, 5) is 12.5. The minimum absolute atomic E-state index is 0.210. The van der Waals surface area contributed by atoms with Crippen molar-refractivity contribution in [1.82, 2.24) is 9.78 Å². The van der Waals surface area contributed by atoms with Crippen molar-refractivity contribution in [2.45, 2.75) is 0 Å². The smallest absolute Gasteiger partial charge is 0.198 e. The summed E-state index contributed by atoms with van der Waals surface area (Å²) >= 11 is 3.32. The third-order valence-corrected chi connectivity index (χ3v) is 3.76. The summed E-state index contributed by atoms with van der Waals surface area (Å²) in [5.41, 5.74) is 7.44. The number of ketones is 1. The van der Waals surface area contributed by atoms with E-state index in [1.54, 1.807) is 36.4 Å². The summed E-state index contributed by atoms with van der Waals surface area (Å²) in [6, 6.07) is 12.7. The van der Waals surface area contributed by atoms with E-state index in [1.807, 2.05) is 0 Å². The molecule has 3 aromatic rings. The summed E-state index contributed by atoms with van der Waals surface area (Å²) in [6.07, 6.45) is 1.42. The number of nitrogens with two attached hydrogens (primary N) is 1. The lowest BCUT2D eigenvalue weighted by atomic mass is 10.1. The van der Waals surface area contributed by atoms with Crippen molar-refractivity contribution in [3.05, 3.63) is 76.1 Å². The van der Waals surface area contributed by atoms with Crippen molar-refractivity contribution in [3.8, 4) is 5.69 Å². The Morgan fingerprint density at radius 1 is 1.09 bits per heavy atom. The molecule has 6 heteroatoms. The molecule has 0 fully saturated rings. The van der Waals surface area contributed by atoms with Crippen LogP contribution in [-0.4, -0.2) is 15.6 Å². The van der Waals surface area contributed by atoms with Crippen molar-refractivity contribution in [3.63, 3.8) is 0 Å². The zero-order valence-corrected chi connectivity index (χ0v) is 12.9. The highest BCUT2D eigenvalue weighted by molar-refractivity contribution is 9.10. The maximum absolute atomic E-state index is 13.0. The van der Waals surface area contributed by atoms with Crippen molar-refractivity contribution in [2.75, 3.05) is 5.73 Å². The van der Waals surface area contributed by atoms with E-state index in [0.29, 0.717) is 16.8 Å². The Hall–Kier alpha value is -2.47. The van der Waals surface area contributed by atoms with E-state index < -0.39 is 0 Å². The number of nitrogen functional groups attached to an aromatic ring is 1. The van der Waals surface area contributed by atoms with Gasteiger partial charge in [-0.15, -0.1) is 0 Å². The zero-order valence-electron chi connectivity index (χ0n) is 11.3. The summed E-state index contributed by atoms with van der Waals surface area (Å²) < 4.78 is 15.3. The summed E-state index contributed by atoms with van der Waals surface area (Å²) in [5, 5.41) is 4.12. The van der Waals surface area contributed by atoms with E-state index in [4.69, 9.17) is 5.73 Å². The molecule has 0 bridgehead atoms. The predicted molar refractivity (Wildman–Crippen MR) is 85.5 cm³/mol. The molecule has 0 aliphatic carbocycles. The minimum Gasteiger partial charge on any atom is -0.383 e. The van der Waals surface area contributed by atoms with Gasteiger partial charge in [-0.2, -0.15) is 5.10 Å². The van der Waals surface area contributed by atoms with Gasteiger partial charge in [0.1, 0.15) is 11.6 Å². The first-order valence-corrected chi connectivity index (χ1v) is 7.25. The maximum atomic E-state index is 13.0. The van der Waals surface area contributed by atoms with Gasteiger partial charge in [0.05, 0.1) is 17.4 Å². The second kappa shape index (κ2) is 5.73. The molecule has 4 nitrogen and oxygen atoms in total. The summed E-state index contributed by atoms with van der Waals surface area (Å²) in [7, 11) is 0. The number of carbonyl (C=O) groups is 1. The Bertz CT molecular complexity index is 826. The molecule has 110 valence electrons. The van der Waals surface area contributed by atoms with Crippen LogP contribution in [0, 0.1) is 5.82 Å². The lowest BCUT2D eigenvalue weighted by molar-refractivity contribution is 0.103. The number of anilines is 1. The van der Waals surface area contributed by atoms with Gasteiger partial charge in [-0.1, -0.05) is 15.9 Å². The molecule has 0 atom stereocenters. The maximum Gasteiger partial charge on any atom is 0.198 e. The first-order valence-electron chi connectivity index (χ1n) is 6.46. The van der Waals surface area contributed by atoms with E-state index >= 15 is 0 Å². The van der Waals surface area contributed by atoms with E-state index in [1.165, 1.54) is 23.0 Å². The molecule has 0 radical (unpaired) electrons.